The maximum Gasteiger partial charge on any atom is 0.254 e. The molecule has 0 saturated carbocycles. The lowest BCUT2D eigenvalue weighted by atomic mass is 9.71. The van der Waals surface area contributed by atoms with Crippen LogP contribution in [0.5, 0.6) is 0 Å². The van der Waals surface area contributed by atoms with E-state index >= 15 is 0 Å². The van der Waals surface area contributed by atoms with Gasteiger partial charge in [0.05, 0.1) is 7.11 Å². The number of halogens is 1. The predicted molar refractivity (Wildman–Crippen MR) is 64.5 cm³/mol. The lowest BCUT2D eigenvalue weighted by Crippen LogP contribution is -2.50. The summed E-state index contributed by atoms with van der Waals surface area (Å²) in [6, 6.07) is 0. The van der Waals surface area contributed by atoms with E-state index in [4.69, 9.17) is 4.84 Å². The van der Waals surface area contributed by atoms with Crippen molar-refractivity contribution in [3.05, 3.63) is 0 Å². The first-order chi connectivity index (χ1) is 7.56. The highest BCUT2D eigenvalue weighted by Crippen LogP contribution is 2.41. The molecule has 0 aromatic carbocycles. The van der Waals surface area contributed by atoms with Crippen LogP contribution in [-0.4, -0.2) is 49.0 Å². The van der Waals surface area contributed by atoms with Gasteiger partial charge in [0, 0.05) is 12.8 Å². The number of hydrogen-bond acceptors (Lipinski definition) is 4. The van der Waals surface area contributed by atoms with Crippen LogP contribution in [0, 0.1) is 5.41 Å². The standard InChI is InChI=1S/C11H18N2O3.ClH/c1-12-5-3-11(4-6-12)7-9(14)13(16-2)10(15)8-11;/h3-8H2,1-2H3;1H. The molecule has 2 saturated heterocycles. The molecule has 0 atom stereocenters. The first-order valence-corrected chi connectivity index (χ1v) is 5.65. The molecule has 0 unspecified atom stereocenters. The number of hydrogen-bond donors (Lipinski definition) is 0. The van der Waals surface area contributed by atoms with Crippen molar-refractivity contribution in [3.63, 3.8) is 0 Å². The molecule has 0 aromatic heterocycles. The third-order valence-electron chi connectivity index (χ3n) is 3.74. The van der Waals surface area contributed by atoms with Crippen molar-refractivity contribution >= 4 is 24.2 Å². The van der Waals surface area contributed by atoms with Gasteiger partial charge in [-0.1, -0.05) is 0 Å². The van der Waals surface area contributed by atoms with Gasteiger partial charge in [-0.3, -0.25) is 14.4 Å². The summed E-state index contributed by atoms with van der Waals surface area (Å²) < 4.78 is 0. The average molecular weight is 263 g/mol. The van der Waals surface area contributed by atoms with Crippen LogP contribution in [0.15, 0.2) is 0 Å². The Hall–Kier alpha value is -0.650. The van der Waals surface area contributed by atoms with Crippen LogP contribution in [0.25, 0.3) is 0 Å². The lowest BCUT2D eigenvalue weighted by molar-refractivity contribution is -0.198. The van der Waals surface area contributed by atoms with Gasteiger partial charge in [-0.05, 0) is 38.4 Å². The molecule has 2 aliphatic rings. The van der Waals surface area contributed by atoms with Gasteiger partial charge in [-0.15, -0.1) is 12.4 Å². The minimum Gasteiger partial charge on any atom is -0.306 e. The monoisotopic (exact) mass is 262 g/mol. The Balaban J connectivity index is 0.00000144. The minimum absolute atomic E-state index is 0. The number of hydroxylamine groups is 2. The van der Waals surface area contributed by atoms with E-state index in [1.165, 1.54) is 7.11 Å². The van der Waals surface area contributed by atoms with Crippen molar-refractivity contribution in [2.45, 2.75) is 25.7 Å². The van der Waals surface area contributed by atoms with Gasteiger partial charge in [-0.25, -0.2) is 0 Å². The fraction of sp³-hybridized carbons (Fsp3) is 0.818. The van der Waals surface area contributed by atoms with Crippen LogP contribution in [-0.2, 0) is 14.4 Å². The first kappa shape index (κ1) is 14.4. The molecule has 0 bridgehead atoms. The lowest BCUT2D eigenvalue weighted by Gasteiger charge is -2.43. The van der Waals surface area contributed by atoms with Gasteiger partial charge in [0.15, 0.2) is 0 Å². The first-order valence-electron chi connectivity index (χ1n) is 5.65. The van der Waals surface area contributed by atoms with Gasteiger partial charge in [0.25, 0.3) is 11.8 Å². The van der Waals surface area contributed by atoms with Gasteiger partial charge >= 0.3 is 0 Å². The molecule has 1 spiro atoms. The highest BCUT2D eigenvalue weighted by molar-refractivity contribution is 5.97. The topological polar surface area (TPSA) is 49.9 Å². The third kappa shape index (κ3) is 2.78. The number of nitrogens with zero attached hydrogens (tertiary/aromatic N) is 2. The van der Waals surface area contributed by atoms with Crippen LogP contribution in [0.1, 0.15) is 25.7 Å². The van der Waals surface area contributed by atoms with E-state index in [1.54, 1.807) is 0 Å². The molecule has 5 nitrogen and oxygen atoms in total. The van der Waals surface area contributed by atoms with Gasteiger partial charge in [0.1, 0.15) is 0 Å². The molecular formula is C11H19ClN2O3. The summed E-state index contributed by atoms with van der Waals surface area (Å²) in [5, 5.41) is 0.906. The Morgan fingerprint density at radius 1 is 1.12 bits per heavy atom. The van der Waals surface area contributed by atoms with Crippen molar-refractivity contribution in [1.29, 1.82) is 0 Å². The largest absolute Gasteiger partial charge is 0.306 e. The second-order valence-corrected chi connectivity index (χ2v) is 4.92. The van der Waals surface area contributed by atoms with E-state index in [9.17, 15) is 9.59 Å². The van der Waals surface area contributed by atoms with E-state index < -0.39 is 0 Å². The summed E-state index contributed by atoms with van der Waals surface area (Å²) in [7, 11) is 3.43. The summed E-state index contributed by atoms with van der Waals surface area (Å²) in [6.45, 7) is 1.93. The molecule has 0 aliphatic carbocycles. The molecule has 6 heteroatoms. The Kier molecular flexibility index (Phi) is 4.52. The molecular weight excluding hydrogens is 244 g/mol. The minimum atomic E-state index is -0.191. The average Bonchev–Trinajstić information content (AvgIpc) is 2.23. The van der Waals surface area contributed by atoms with E-state index in [-0.39, 0.29) is 29.6 Å². The zero-order valence-corrected chi connectivity index (χ0v) is 11.1. The Morgan fingerprint density at radius 2 is 1.59 bits per heavy atom. The fourth-order valence-corrected chi connectivity index (χ4v) is 2.64. The maximum atomic E-state index is 11.8. The Labute approximate surface area is 107 Å². The summed E-state index contributed by atoms with van der Waals surface area (Å²) >= 11 is 0. The van der Waals surface area contributed by atoms with Crippen LogP contribution in [0.4, 0.5) is 0 Å². The molecule has 2 aliphatic heterocycles. The molecule has 2 amide bonds. The molecule has 2 heterocycles. The fourth-order valence-electron chi connectivity index (χ4n) is 2.64. The highest BCUT2D eigenvalue weighted by Gasteiger charge is 2.45. The number of imide groups is 1. The van der Waals surface area contributed by atoms with Crippen LogP contribution < -0.4 is 0 Å². The SMILES string of the molecule is CON1C(=O)CC2(CCN(C)CC2)CC1=O.Cl. The zero-order chi connectivity index (χ0) is 11.8. The zero-order valence-electron chi connectivity index (χ0n) is 10.3. The third-order valence-corrected chi connectivity index (χ3v) is 3.74. The number of carbonyl (C=O) groups excluding carboxylic acids is 2. The number of amides is 2. The molecule has 0 N–H and O–H groups in total. The molecule has 17 heavy (non-hydrogen) atoms. The summed E-state index contributed by atoms with van der Waals surface area (Å²) in [6.07, 6.45) is 2.75. The number of likely N-dealkylation sites (tertiary alicyclic amines) is 1. The van der Waals surface area contributed by atoms with Crippen molar-refractivity contribution in [3.8, 4) is 0 Å². The van der Waals surface area contributed by atoms with E-state index in [1.807, 2.05) is 0 Å². The molecule has 2 rings (SSSR count). The van der Waals surface area contributed by atoms with Crippen molar-refractivity contribution in [2.75, 3.05) is 27.2 Å². The highest BCUT2D eigenvalue weighted by atomic mass is 35.5. The number of carbonyl (C=O) groups is 2. The molecule has 0 radical (unpaired) electrons. The number of rotatable bonds is 1. The second-order valence-electron chi connectivity index (χ2n) is 4.92. The van der Waals surface area contributed by atoms with Crippen molar-refractivity contribution in [1.82, 2.24) is 9.96 Å². The molecule has 0 aromatic rings. The van der Waals surface area contributed by atoms with Crippen LogP contribution >= 0.6 is 12.4 Å². The Morgan fingerprint density at radius 3 is 2.00 bits per heavy atom. The molecule has 2 fully saturated rings. The van der Waals surface area contributed by atoms with Gasteiger partial charge in [-0.2, -0.15) is 5.06 Å². The Bertz CT molecular complexity index is 294. The second kappa shape index (κ2) is 5.33. The summed E-state index contributed by atoms with van der Waals surface area (Å²) in [5.41, 5.74) is -0.101. The summed E-state index contributed by atoms with van der Waals surface area (Å²) in [5.74, 6) is -0.383. The van der Waals surface area contributed by atoms with E-state index in [0.717, 1.165) is 31.0 Å². The van der Waals surface area contributed by atoms with E-state index in [0.29, 0.717) is 12.8 Å². The van der Waals surface area contributed by atoms with E-state index in [2.05, 4.69) is 11.9 Å². The maximum absolute atomic E-state index is 11.8. The van der Waals surface area contributed by atoms with Gasteiger partial charge in [0.2, 0.25) is 0 Å². The van der Waals surface area contributed by atoms with Crippen LogP contribution in [0.3, 0.4) is 0 Å². The normalized spacial score (nSPS) is 24.9. The molecule has 98 valence electrons. The quantitative estimate of drug-likeness (QED) is 0.657. The summed E-state index contributed by atoms with van der Waals surface area (Å²) in [4.78, 5) is 30.5. The van der Waals surface area contributed by atoms with Crippen molar-refractivity contribution < 1.29 is 14.4 Å². The van der Waals surface area contributed by atoms with Gasteiger partial charge < -0.3 is 4.90 Å². The predicted octanol–water partition coefficient (Wildman–Crippen LogP) is 0.831. The van der Waals surface area contributed by atoms with Crippen LogP contribution in [0.2, 0.25) is 0 Å². The number of piperidine rings is 2. The van der Waals surface area contributed by atoms with Crippen molar-refractivity contribution in [2.24, 2.45) is 5.41 Å². The smallest absolute Gasteiger partial charge is 0.254 e.